The molecule has 0 radical (unpaired) electrons. The average Bonchev–Trinajstić information content (AvgIpc) is 3.86. The number of aromatic nitrogens is 1. The summed E-state index contributed by atoms with van der Waals surface area (Å²) in [7, 11) is 0. The van der Waals surface area contributed by atoms with Crippen LogP contribution in [-0.4, -0.2) is 39.0 Å². The van der Waals surface area contributed by atoms with E-state index in [1.165, 1.54) is 18.9 Å². The molecule has 12 heteroatoms. The molecular formula is C36H44N4O8. The number of nitro groups is 1. The van der Waals surface area contributed by atoms with Gasteiger partial charge in [-0.1, -0.05) is 57.5 Å². The zero-order valence-corrected chi connectivity index (χ0v) is 28.2. The van der Waals surface area contributed by atoms with E-state index in [1.807, 2.05) is 24.5 Å². The molecule has 1 aromatic heterocycles. The molecule has 0 saturated heterocycles. The molecule has 2 fully saturated rings. The largest absolute Gasteiger partial charge is 0.403 e. The summed E-state index contributed by atoms with van der Waals surface area (Å²) < 4.78 is 7.66. The van der Waals surface area contributed by atoms with Gasteiger partial charge in [-0.3, -0.25) is 14.9 Å². The van der Waals surface area contributed by atoms with E-state index >= 15 is 0 Å². The van der Waals surface area contributed by atoms with Crippen LogP contribution < -0.4 is 0 Å². The number of benzene rings is 2. The van der Waals surface area contributed by atoms with Crippen molar-refractivity contribution in [1.82, 2.24) is 4.57 Å². The van der Waals surface area contributed by atoms with Crippen molar-refractivity contribution in [2.24, 2.45) is 22.1 Å². The molecule has 0 N–H and O–H groups in total. The van der Waals surface area contributed by atoms with Crippen molar-refractivity contribution in [2.45, 2.75) is 111 Å². The van der Waals surface area contributed by atoms with Gasteiger partial charge in [0.1, 0.15) is 5.52 Å². The number of non-ortho nitro benzene ring substituents is 1. The Morgan fingerprint density at radius 2 is 1.52 bits per heavy atom. The number of esters is 1. The lowest BCUT2D eigenvalue weighted by Gasteiger charge is -2.13. The molecule has 5 rings (SSSR count). The molecule has 256 valence electrons. The highest BCUT2D eigenvalue weighted by molar-refractivity contribution is 6.16. The number of hydrogen-bond donors (Lipinski definition) is 0. The number of nitrogens with zero attached hydrogens (tertiary/aromatic N) is 4. The van der Waals surface area contributed by atoms with E-state index in [-0.39, 0.29) is 36.4 Å². The molecule has 48 heavy (non-hydrogen) atoms. The van der Waals surface area contributed by atoms with Crippen molar-refractivity contribution in [2.75, 3.05) is 0 Å². The van der Waals surface area contributed by atoms with Crippen molar-refractivity contribution in [3.63, 3.8) is 0 Å². The summed E-state index contributed by atoms with van der Waals surface area (Å²) in [5, 5.41) is 22.1. The standard InChI is InChI=1S/C36H44N4O8/c1-5-32(41)47-37-29(17-15-23-11-7-8-12-23)26-20-28-27-19-25(16-18-30(27)39(22(3)4)34(28)31(21-26)40(44)45)35(38-48-33(42)6-2)46-36(43)24-13-9-10-14-24/h16,18-24H,5-15,17H2,1-4H3/b37-29+,38-35-. The van der Waals surface area contributed by atoms with Crippen molar-refractivity contribution >= 4 is 57.0 Å². The molecule has 2 saturated carbocycles. The Morgan fingerprint density at radius 1 is 0.896 bits per heavy atom. The van der Waals surface area contributed by atoms with Crippen LogP contribution in [0.15, 0.2) is 40.6 Å². The summed E-state index contributed by atoms with van der Waals surface area (Å²) in [6.45, 7) is 7.21. The van der Waals surface area contributed by atoms with Gasteiger partial charge < -0.3 is 19.0 Å². The summed E-state index contributed by atoms with van der Waals surface area (Å²) in [4.78, 5) is 59.7. The Bertz CT molecular complexity index is 1760. The van der Waals surface area contributed by atoms with Crippen molar-refractivity contribution in [1.29, 1.82) is 0 Å². The molecule has 2 aromatic carbocycles. The summed E-state index contributed by atoms with van der Waals surface area (Å²) in [5.41, 5.74) is 2.36. The molecule has 0 bridgehead atoms. The number of carbonyl (C=O) groups is 3. The van der Waals surface area contributed by atoms with Gasteiger partial charge in [0.15, 0.2) is 0 Å². The van der Waals surface area contributed by atoms with Gasteiger partial charge in [-0.2, -0.15) is 0 Å². The van der Waals surface area contributed by atoms with Gasteiger partial charge in [0.2, 0.25) is 0 Å². The van der Waals surface area contributed by atoms with E-state index in [0.717, 1.165) is 37.6 Å². The van der Waals surface area contributed by atoms with Gasteiger partial charge in [0.05, 0.1) is 16.6 Å². The number of oxime groups is 2. The lowest BCUT2D eigenvalue weighted by atomic mass is 9.95. The first kappa shape index (κ1) is 34.7. The summed E-state index contributed by atoms with van der Waals surface area (Å²) in [6.07, 6.45) is 9.44. The van der Waals surface area contributed by atoms with Gasteiger partial charge >= 0.3 is 17.9 Å². The number of fused-ring (bicyclic) bond motifs is 3. The minimum atomic E-state index is -0.588. The number of nitro benzene ring substituents is 1. The number of ether oxygens (including phenoxy) is 1. The van der Waals surface area contributed by atoms with Gasteiger partial charge in [-0.05, 0) is 74.9 Å². The minimum Gasteiger partial charge on any atom is -0.403 e. The molecule has 0 amide bonds. The Balaban J connectivity index is 1.68. The van der Waals surface area contributed by atoms with E-state index in [1.54, 1.807) is 32.0 Å². The molecule has 0 atom stereocenters. The Labute approximate surface area is 279 Å². The van der Waals surface area contributed by atoms with Gasteiger partial charge in [0, 0.05) is 52.4 Å². The van der Waals surface area contributed by atoms with Crippen molar-refractivity contribution < 1.29 is 33.7 Å². The SMILES string of the molecule is CCC(=O)O/N=C(\OC(=O)C1CCCC1)c1ccc2c(c1)c1cc(/C(CCC3CCCC3)=N/OC(=O)CC)cc([N+](=O)[O-])c1n2C(C)C. The third-order valence-electron chi connectivity index (χ3n) is 9.39. The second kappa shape index (κ2) is 15.5. The number of hydrogen-bond acceptors (Lipinski definition) is 10. The molecule has 2 aliphatic rings. The van der Waals surface area contributed by atoms with E-state index in [4.69, 9.17) is 14.4 Å². The first-order valence-electron chi connectivity index (χ1n) is 17.1. The molecule has 2 aliphatic carbocycles. The van der Waals surface area contributed by atoms with Crippen LogP contribution in [0.25, 0.3) is 21.8 Å². The van der Waals surface area contributed by atoms with Gasteiger partial charge in [-0.15, -0.1) is 0 Å². The smallest absolute Gasteiger partial charge is 0.334 e. The lowest BCUT2D eigenvalue weighted by Crippen LogP contribution is -2.20. The minimum absolute atomic E-state index is 0.0822. The molecule has 1 heterocycles. The number of carbonyl (C=O) groups excluding carboxylic acids is 3. The van der Waals surface area contributed by atoms with Gasteiger partial charge in [0.25, 0.3) is 11.6 Å². The summed E-state index contributed by atoms with van der Waals surface area (Å²) in [6, 6.07) is 8.45. The summed E-state index contributed by atoms with van der Waals surface area (Å²) in [5.74, 6) is -1.42. The maximum atomic E-state index is 13.1. The van der Waals surface area contributed by atoms with Crippen molar-refractivity contribution in [3.05, 3.63) is 51.6 Å². The highest BCUT2D eigenvalue weighted by atomic mass is 16.7. The van der Waals surface area contributed by atoms with E-state index in [0.29, 0.717) is 58.3 Å². The first-order chi connectivity index (χ1) is 23.1. The van der Waals surface area contributed by atoms with E-state index in [9.17, 15) is 24.5 Å². The fourth-order valence-corrected chi connectivity index (χ4v) is 6.82. The Kier molecular flexibility index (Phi) is 11.2. The Hall–Kier alpha value is -4.61. The third-order valence-corrected chi connectivity index (χ3v) is 9.39. The molecule has 0 unspecified atom stereocenters. The predicted octanol–water partition coefficient (Wildman–Crippen LogP) is 8.26. The summed E-state index contributed by atoms with van der Waals surface area (Å²) >= 11 is 0. The third kappa shape index (κ3) is 7.74. The highest BCUT2D eigenvalue weighted by Crippen LogP contribution is 2.39. The fourth-order valence-electron chi connectivity index (χ4n) is 6.82. The quantitative estimate of drug-likeness (QED) is 0.0470. The molecular weight excluding hydrogens is 616 g/mol. The maximum Gasteiger partial charge on any atom is 0.334 e. The fraction of sp³-hybridized carbons (Fsp3) is 0.528. The van der Waals surface area contributed by atoms with E-state index < -0.39 is 22.8 Å². The second-order valence-electron chi connectivity index (χ2n) is 13.0. The monoisotopic (exact) mass is 660 g/mol. The molecule has 0 aliphatic heterocycles. The number of rotatable bonds is 12. The van der Waals surface area contributed by atoms with Crippen LogP contribution in [-0.2, 0) is 28.8 Å². The Morgan fingerprint density at radius 3 is 2.15 bits per heavy atom. The molecule has 12 nitrogen and oxygen atoms in total. The van der Waals surface area contributed by atoms with Gasteiger partial charge in [-0.25, -0.2) is 9.59 Å². The van der Waals surface area contributed by atoms with Crippen LogP contribution >= 0.6 is 0 Å². The van der Waals surface area contributed by atoms with Crippen molar-refractivity contribution in [3.8, 4) is 0 Å². The average molecular weight is 661 g/mol. The predicted molar refractivity (Wildman–Crippen MR) is 182 cm³/mol. The lowest BCUT2D eigenvalue weighted by molar-refractivity contribution is -0.383. The zero-order chi connectivity index (χ0) is 34.4. The molecule has 0 spiro atoms. The zero-order valence-electron chi connectivity index (χ0n) is 28.2. The van der Waals surface area contributed by atoms with Crippen LogP contribution in [0, 0.1) is 22.0 Å². The van der Waals surface area contributed by atoms with Crippen LogP contribution in [0.2, 0.25) is 0 Å². The van der Waals surface area contributed by atoms with Crippen LogP contribution in [0.1, 0.15) is 122 Å². The molecule has 3 aromatic rings. The maximum absolute atomic E-state index is 13.1. The van der Waals surface area contributed by atoms with Crippen LogP contribution in [0.3, 0.4) is 0 Å². The first-order valence-corrected chi connectivity index (χ1v) is 17.1. The second-order valence-corrected chi connectivity index (χ2v) is 13.0. The van der Waals surface area contributed by atoms with Crippen LogP contribution in [0.5, 0.6) is 0 Å². The topological polar surface area (TPSA) is 152 Å². The van der Waals surface area contributed by atoms with Crippen LogP contribution in [0.4, 0.5) is 5.69 Å². The highest BCUT2D eigenvalue weighted by Gasteiger charge is 2.29. The van der Waals surface area contributed by atoms with E-state index in [2.05, 4.69) is 10.3 Å². The normalized spacial score (nSPS) is 16.3.